The van der Waals surface area contributed by atoms with Crippen molar-refractivity contribution in [1.82, 2.24) is 9.21 Å². The summed E-state index contributed by atoms with van der Waals surface area (Å²) in [5.74, 6) is -2.96. The highest BCUT2D eigenvalue weighted by Gasteiger charge is 2.34. The Labute approximate surface area is 186 Å². The van der Waals surface area contributed by atoms with E-state index in [0.29, 0.717) is 6.42 Å². The van der Waals surface area contributed by atoms with Crippen LogP contribution in [0.4, 0.5) is 4.39 Å². The molecular weight excluding hydrogens is 467 g/mol. The minimum Gasteiger partial charge on any atom is -0.452 e. The molecule has 2 aliphatic heterocycles. The SMILES string of the molecule is CCN(C(=O)COC(=O)c1cc(S(=O)(=O)N2CCOCC2)ccc1F)[C@@H]1CCS(=O)(=O)C1. The fraction of sp³-hybridized carbons (Fsp3) is 0.579. The number of sulfone groups is 1. The lowest BCUT2D eigenvalue weighted by atomic mass is 10.2. The summed E-state index contributed by atoms with van der Waals surface area (Å²) in [5, 5.41) is 0. The first-order valence-corrected chi connectivity index (χ1v) is 13.4. The topological polar surface area (TPSA) is 127 Å². The van der Waals surface area contributed by atoms with Gasteiger partial charge in [0.2, 0.25) is 10.0 Å². The van der Waals surface area contributed by atoms with Crippen LogP contribution in [0.5, 0.6) is 0 Å². The molecular formula is C19H25FN2O8S2. The molecule has 0 radical (unpaired) electrons. The molecule has 2 saturated heterocycles. The standard InChI is InChI=1S/C19H25FN2O8S2/c1-2-22(14-5-10-31(25,26)13-14)18(23)12-30-19(24)16-11-15(3-4-17(16)20)32(27,28)21-6-8-29-9-7-21/h3-4,11,14H,2,5-10,12-13H2,1H3/t14-/m1/s1. The summed E-state index contributed by atoms with van der Waals surface area (Å²) < 4.78 is 74.3. The van der Waals surface area contributed by atoms with E-state index in [0.717, 1.165) is 18.2 Å². The highest BCUT2D eigenvalue weighted by Crippen LogP contribution is 2.21. The van der Waals surface area contributed by atoms with Gasteiger partial charge >= 0.3 is 5.97 Å². The maximum atomic E-state index is 14.2. The molecule has 178 valence electrons. The van der Waals surface area contributed by atoms with Crippen molar-refractivity contribution in [1.29, 1.82) is 0 Å². The zero-order valence-corrected chi connectivity index (χ0v) is 19.2. The molecule has 0 spiro atoms. The summed E-state index contributed by atoms with van der Waals surface area (Å²) in [6.45, 7) is 1.91. The number of benzene rings is 1. The molecule has 2 heterocycles. The minimum absolute atomic E-state index is 0.0170. The molecule has 0 bridgehead atoms. The van der Waals surface area contributed by atoms with Crippen LogP contribution in [0.2, 0.25) is 0 Å². The van der Waals surface area contributed by atoms with Crippen LogP contribution in [-0.2, 0) is 34.1 Å². The predicted octanol–water partition coefficient (Wildman–Crippen LogP) is 0.0390. The van der Waals surface area contributed by atoms with Crippen molar-refractivity contribution in [2.75, 3.05) is 51.0 Å². The van der Waals surface area contributed by atoms with E-state index in [1.54, 1.807) is 6.92 Å². The van der Waals surface area contributed by atoms with Gasteiger partial charge in [0, 0.05) is 25.7 Å². The van der Waals surface area contributed by atoms with Gasteiger partial charge in [-0.15, -0.1) is 0 Å². The van der Waals surface area contributed by atoms with E-state index >= 15 is 0 Å². The second-order valence-electron chi connectivity index (χ2n) is 7.47. The van der Waals surface area contributed by atoms with E-state index in [1.807, 2.05) is 0 Å². The quantitative estimate of drug-likeness (QED) is 0.488. The van der Waals surface area contributed by atoms with Gasteiger partial charge in [0.15, 0.2) is 16.4 Å². The van der Waals surface area contributed by atoms with Crippen LogP contribution in [-0.4, -0.2) is 94.9 Å². The summed E-state index contributed by atoms with van der Waals surface area (Å²) in [5.41, 5.74) is -0.612. The van der Waals surface area contributed by atoms with E-state index in [1.165, 1.54) is 9.21 Å². The Balaban J connectivity index is 1.69. The Morgan fingerprint density at radius 3 is 2.56 bits per heavy atom. The van der Waals surface area contributed by atoms with E-state index < -0.39 is 55.8 Å². The van der Waals surface area contributed by atoms with Gasteiger partial charge in [-0.25, -0.2) is 26.0 Å². The molecule has 0 aromatic heterocycles. The number of ether oxygens (including phenoxy) is 2. The summed E-state index contributed by atoms with van der Waals surface area (Å²) >= 11 is 0. The molecule has 3 rings (SSSR count). The van der Waals surface area contributed by atoms with Gasteiger partial charge < -0.3 is 14.4 Å². The maximum absolute atomic E-state index is 14.2. The lowest BCUT2D eigenvalue weighted by molar-refractivity contribution is -0.136. The maximum Gasteiger partial charge on any atom is 0.341 e. The number of morpholine rings is 1. The number of nitrogens with zero attached hydrogens (tertiary/aromatic N) is 2. The number of amides is 1. The Hall–Kier alpha value is -2.09. The second-order valence-corrected chi connectivity index (χ2v) is 11.6. The number of halogens is 1. The zero-order chi connectivity index (χ0) is 23.5. The molecule has 1 atom stereocenters. The van der Waals surface area contributed by atoms with Gasteiger partial charge in [-0.3, -0.25) is 4.79 Å². The van der Waals surface area contributed by atoms with E-state index in [-0.39, 0.29) is 49.2 Å². The van der Waals surface area contributed by atoms with Crippen LogP contribution in [0, 0.1) is 5.82 Å². The molecule has 0 saturated carbocycles. The van der Waals surface area contributed by atoms with Crippen molar-refractivity contribution >= 4 is 31.7 Å². The normalized spacial score (nSPS) is 21.2. The van der Waals surface area contributed by atoms with Gasteiger partial charge in [0.25, 0.3) is 5.91 Å². The molecule has 13 heteroatoms. The first-order valence-electron chi connectivity index (χ1n) is 10.1. The predicted molar refractivity (Wildman–Crippen MR) is 111 cm³/mol. The first-order chi connectivity index (χ1) is 15.0. The summed E-state index contributed by atoms with van der Waals surface area (Å²) in [4.78, 5) is 25.9. The summed E-state index contributed by atoms with van der Waals surface area (Å²) in [6, 6.07) is 2.29. The third kappa shape index (κ3) is 5.45. The van der Waals surface area contributed by atoms with Gasteiger partial charge in [0.1, 0.15) is 5.82 Å². The molecule has 1 aromatic rings. The number of carbonyl (C=O) groups is 2. The first kappa shape index (κ1) is 24.6. The van der Waals surface area contributed by atoms with E-state index in [2.05, 4.69) is 0 Å². The van der Waals surface area contributed by atoms with Crippen LogP contribution in [0.1, 0.15) is 23.7 Å². The van der Waals surface area contributed by atoms with E-state index in [9.17, 15) is 30.8 Å². The molecule has 32 heavy (non-hydrogen) atoms. The minimum atomic E-state index is -3.96. The Morgan fingerprint density at radius 2 is 1.97 bits per heavy atom. The Morgan fingerprint density at radius 1 is 1.28 bits per heavy atom. The van der Waals surface area contributed by atoms with Crippen molar-refractivity contribution in [2.45, 2.75) is 24.3 Å². The largest absolute Gasteiger partial charge is 0.452 e. The molecule has 1 aromatic carbocycles. The number of carbonyl (C=O) groups excluding carboxylic acids is 2. The summed E-state index contributed by atoms with van der Waals surface area (Å²) in [7, 11) is -7.17. The molecule has 2 aliphatic rings. The van der Waals surface area contributed by atoms with Crippen LogP contribution in [0.15, 0.2) is 23.1 Å². The van der Waals surface area contributed by atoms with Gasteiger partial charge in [-0.1, -0.05) is 0 Å². The fourth-order valence-corrected chi connectivity index (χ4v) is 6.87. The smallest absolute Gasteiger partial charge is 0.341 e. The fourth-order valence-electron chi connectivity index (χ4n) is 3.70. The number of hydrogen-bond donors (Lipinski definition) is 0. The third-order valence-electron chi connectivity index (χ3n) is 5.40. The Kier molecular flexibility index (Phi) is 7.53. The van der Waals surface area contributed by atoms with Gasteiger partial charge in [-0.2, -0.15) is 4.31 Å². The van der Waals surface area contributed by atoms with Crippen LogP contribution in [0.3, 0.4) is 0 Å². The van der Waals surface area contributed by atoms with Gasteiger partial charge in [-0.05, 0) is 31.5 Å². The summed E-state index contributed by atoms with van der Waals surface area (Å²) in [6.07, 6.45) is 0.298. The van der Waals surface area contributed by atoms with Crippen molar-refractivity contribution in [3.05, 3.63) is 29.6 Å². The van der Waals surface area contributed by atoms with Crippen LogP contribution in [0.25, 0.3) is 0 Å². The number of esters is 1. The molecule has 0 aliphatic carbocycles. The van der Waals surface area contributed by atoms with Crippen molar-refractivity contribution in [2.24, 2.45) is 0 Å². The Bertz CT molecular complexity index is 1080. The van der Waals surface area contributed by atoms with Crippen molar-refractivity contribution < 1.29 is 40.3 Å². The number of sulfonamides is 1. The molecule has 1 amide bonds. The highest BCUT2D eigenvalue weighted by atomic mass is 32.2. The lowest BCUT2D eigenvalue weighted by Gasteiger charge is -2.26. The van der Waals surface area contributed by atoms with Gasteiger partial charge in [0.05, 0.1) is 35.2 Å². The highest BCUT2D eigenvalue weighted by molar-refractivity contribution is 7.91. The molecule has 10 nitrogen and oxygen atoms in total. The van der Waals surface area contributed by atoms with Crippen molar-refractivity contribution in [3.63, 3.8) is 0 Å². The molecule has 2 fully saturated rings. The lowest BCUT2D eigenvalue weighted by Crippen LogP contribution is -2.43. The van der Waals surface area contributed by atoms with E-state index in [4.69, 9.17) is 9.47 Å². The number of hydrogen-bond acceptors (Lipinski definition) is 8. The van der Waals surface area contributed by atoms with Crippen LogP contribution >= 0.6 is 0 Å². The average Bonchev–Trinajstić information content (AvgIpc) is 3.12. The third-order valence-corrected chi connectivity index (χ3v) is 9.05. The number of rotatable bonds is 7. The van der Waals surface area contributed by atoms with Crippen LogP contribution < -0.4 is 0 Å². The molecule has 0 N–H and O–H groups in total. The average molecular weight is 493 g/mol. The van der Waals surface area contributed by atoms with Crippen molar-refractivity contribution in [3.8, 4) is 0 Å². The monoisotopic (exact) mass is 492 g/mol. The second kappa shape index (κ2) is 9.81. The zero-order valence-electron chi connectivity index (χ0n) is 17.5. The number of likely N-dealkylation sites (N-methyl/N-ethyl adjacent to an activating group) is 1. The molecule has 0 unspecified atom stereocenters.